The molecule has 1 aromatic carbocycles. The molecule has 0 saturated carbocycles. The van der Waals surface area contributed by atoms with E-state index in [1.165, 1.54) is 12.1 Å². The molecule has 0 amide bonds. The Morgan fingerprint density at radius 3 is 2.18 bits per heavy atom. The van der Waals surface area contributed by atoms with Crippen molar-refractivity contribution in [2.45, 2.75) is 39.0 Å². The lowest BCUT2D eigenvalue weighted by Crippen LogP contribution is -2.26. The molecule has 0 aliphatic heterocycles. The van der Waals surface area contributed by atoms with E-state index in [9.17, 15) is 8.78 Å². The highest BCUT2D eigenvalue weighted by molar-refractivity contribution is 5.25. The van der Waals surface area contributed by atoms with Gasteiger partial charge >= 0.3 is 0 Å². The van der Waals surface area contributed by atoms with Crippen molar-refractivity contribution in [3.05, 3.63) is 35.4 Å². The van der Waals surface area contributed by atoms with E-state index >= 15 is 0 Å². The minimum absolute atomic E-state index is 0.219. The Kier molecular flexibility index (Phi) is 5.06. The summed E-state index contributed by atoms with van der Waals surface area (Å²) < 4.78 is 26.3. The van der Waals surface area contributed by atoms with Gasteiger partial charge in [-0.25, -0.2) is 8.78 Å². The second-order valence-electron chi connectivity index (χ2n) is 5.04. The maximum Gasteiger partial charge on any atom is 0.126 e. The van der Waals surface area contributed by atoms with Crippen molar-refractivity contribution in [3.63, 3.8) is 0 Å². The van der Waals surface area contributed by atoms with Crippen LogP contribution in [0.5, 0.6) is 0 Å². The molecule has 1 nitrogen and oxygen atoms in total. The summed E-state index contributed by atoms with van der Waals surface area (Å²) in [7, 11) is 0. The van der Waals surface area contributed by atoms with E-state index in [1.807, 2.05) is 13.8 Å². The van der Waals surface area contributed by atoms with Crippen LogP contribution in [0.3, 0.4) is 0 Å². The summed E-state index contributed by atoms with van der Waals surface area (Å²) in [5, 5.41) is 3.30. The Labute approximate surface area is 102 Å². The molecule has 0 aliphatic carbocycles. The summed E-state index contributed by atoms with van der Waals surface area (Å²) in [4.78, 5) is 0. The maximum absolute atomic E-state index is 13.1. The van der Waals surface area contributed by atoms with E-state index in [1.54, 1.807) is 0 Å². The van der Waals surface area contributed by atoms with Gasteiger partial charge in [-0.15, -0.1) is 0 Å². The van der Waals surface area contributed by atoms with Gasteiger partial charge in [0, 0.05) is 6.07 Å². The van der Waals surface area contributed by atoms with Crippen LogP contribution in [0.4, 0.5) is 8.78 Å². The summed E-state index contributed by atoms with van der Waals surface area (Å²) in [5.41, 5.74) is 0.497. The predicted molar refractivity (Wildman–Crippen MR) is 67.2 cm³/mol. The first-order valence-corrected chi connectivity index (χ1v) is 6.13. The first-order valence-electron chi connectivity index (χ1n) is 6.13. The zero-order valence-corrected chi connectivity index (χ0v) is 10.8. The fourth-order valence-corrected chi connectivity index (χ4v) is 1.79. The molecule has 1 rings (SSSR count). The lowest BCUT2D eigenvalue weighted by molar-refractivity contribution is 0.450. The van der Waals surface area contributed by atoms with Crippen molar-refractivity contribution in [3.8, 4) is 0 Å². The highest BCUT2D eigenvalue weighted by Gasteiger charge is 2.21. The van der Waals surface area contributed by atoms with E-state index in [4.69, 9.17) is 0 Å². The van der Waals surface area contributed by atoms with Crippen LogP contribution >= 0.6 is 0 Å². The van der Waals surface area contributed by atoms with Crippen LogP contribution < -0.4 is 5.32 Å². The number of hydrogen-bond donors (Lipinski definition) is 1. The van der Waals surface area contributed by atoms with E-state index in [2.05, 4.69) is 12.2 Å². The van der Waals surface area contributed by atoms with Gasteiger partial charge in [0.25, 0.3) is 0 Å². The number of halogens is 2. The molecule has 0 unspecified atom stereocenters. The van der Waals surface area contributed by atoms with Crippen molar-refractivity contribution in [2.24, 2.45) is 0 Å². The molecule has 0 atom stereocenters. The molecule has 0 fully saturated rings. The molecule has 17 heavy (non-hydrogen) atoms. The molecule has 1 aromatic rings. The van der Waals surface area contributed by atoms with Gasteiger partial charge in [-0.2, -0.15) is 0 Å². The van der Waals surface area contributed by atoms with Crippen LogP contribution in [-0.2, 0) is 5.41 Å². The van der Waals surface area contributed by atoms with E-state index in [0.717, 1.165) is 32.0 Å². The van der Waals surface area contributed by atoms with Gasteiger partial charge in [0.05, 0.1) is 0 Å². The Bertz CT molecular complexity index is 341. The average Bonchev–Trinajstić information content (AvgIpc) is 2.23. The largest absolute Gasteiger partial charge is 0.317 e. The van der Waals surface area contributed by atoms with Gasteiger partial charge in [-0.05, 0) is 49.0 Å². The molecule has 0 bridgehead atoms. The Morgan fingerprint density at radius 1 is 1.06 bits per heavy atom. The fraction of sp³-hybridized carbons (Fsp3) is 0.571. The Hall–Kier alpha value is -0.960. The standard InChI is InChI=1S/C14H21F2N/c1-4-6-17-7-5-14(2,3)11-8-12(15)10-13(16)9-11/h8-10,17H,4-7H2,1-3H3. The van der Waals surface area contributed by atoms with E-state index in [0.29, 0.717) is 5.56 Å². The first-order chi connectivity index (χ1) is 7.95. The normalized spacial score (nSPS) is 11.8. The number of nitrogens with one attached hydrogen (secondary N) is 1. The number of benzene rings is 1. The minimum atomic E-state index is -0.505. The summed E-state index contributed by atoms with van der Waals surface area (Å²) in [6, 6.07) is 3.75. The second kappa shape index (κ2) is 6.10. The van der Waals surface area contributed by atoms with Gasteiger partial charge in [-0.1, -0.05) is 20.8 Å². The van der Waals surface area contributed by atoms with Crippen molar-refractivity contribution in [2.75, 3.05) is 13.1 Å². The van der Waals surface area contributed by atoms with Crippen molar-refractivity contribution < 1.29 is 8.78 Å². The van der Waals surface area contributed by atoms with Crippen LogP contribution in [0.15, 0.2) is 18.2 Å². The quantitative estimate of drug-likeness (QED) is 0.750. The highest BCUT2D eigenvalue weighted by atomic mass is 19.1. The lowest BCUT2D eigenvalue weighted by atomic mass is 9.81. The Morgan fingerprint density at radius 2 is 1.65 bits per heavy atom. The third kappa shape index (κ3) is 4.43. The third-order valence-electron chi connectivity index (χ3n) is 3.00. The SMILES string of the molecule is CCCNCCC(C)(C)c1cc(F)cc(F)c1. The van der Waals surface area contributed by atoms with Crippen LogP contribution in [0.25, 0.3) is 0 Å². The summed E-state index contributed by atoms with van der Waals surface area (Å²) >= 11 is 0. The predicted octanol–water partition coefficient (Wildman–Crippen LogP) is 3.63. The third-order valence-corrected chi connectivity index (χ3v) is 3.00. The number of hydrogen-bond acceptors (Lipinski definition) is 1. The van der Waals surface area contributed by atoms with Crippen LogP contribution in [0.1, 0.15) is 39.2 Å². The smallest absolute Gasteiger partial charge is 0.126 e. The topological polar surface area (TPSA) is 12.0 Å². The molecule has 3 heteroatoms. The number of rotatable bonds is 6. The first kappa shape index (κ1) is 14.1. The molecule has 0 spiro atoms. The van der Waals surface area contributed by atoms with Crippen LogP contribution in [0.2, 0.25) is 0 Å². The molecule has 0 aliphatic rings. The van der Waals surface area contributed by atoms with Crippen molar-refractivity contribution >= 4 is 0 Å². The second-order valence-corrected chi connectivity index (χ2v) is 5.04. The summed E-state index contributed by atoms with van der Waals surface area (Å²) in [6.07, 6.45) is 1.95. The minimum Gasteiger partial charge on any atom is -0.317 e. The Balaban J connectivity index is 2.67. The molecule has 0 radical (unpaired) electrons. The van der Waals surface area contributed by atoms with E-state index in [-0.39, 0.29) is 5.41 Å². The van der Waals surface area contributed by atoms with Crippen LogP contribution in [-0.4, -0.2) is 13.1 Å². The molecule has 96 valence electrons. The maximum atomic E-state index is 13.1. The van der Waals surface area contributed by atoms with Crippen LogP contribution in [0, 0.1) is 11.6 Å². The molecular formula is C14H21F2N. The lowest BCUT2D eigenvalue weighted by Gasteiger charge is -2.25. The fourth-order valence-electron chi connectivity index (χ4n) is 1.79. The summed E-state index contributed by atoms with van der Waals surface area (Å²) in [5.74, 6) is -1.01. The van der Waals surface area contributed by atoms with Crippen molar-refractivity contribution in [1.82, 2.24) is 5.32 Å². The van der Waals surface area contributed by atoms with E-state index < -0.39 is 11.6 Å². The monoisotopic (exact) mass is 241 g/mol. The van der Waals surface area contributed by atoms with Gasteiger partial charge in [0.15, 0.2) is 0 Å². The molecule has 0 heterocycles. The van der Waals surface area contributed by atoms with Gasteiger partial charge in [0.2, 0.25) is 0 Å². The van der Waals surface area contributed by atoms with Crippen molar-refractivity contribution in [1.29, 1.82) is 0 Å². The zero-order chi connectivity index (χ0) is 12.9. The van der Waals surface area contributed by atoms with Gasteiger partial charge in [-0.3, -0.25) is 0 Å². The molecule has 0 aromatic heterocycles. The zero-order valence-electron chi connectivity index (χ0n) is 10.8. The molecular weight excluding hydrogens is 220 g/mol. The average molecular weight is 241 g/mol. The highest BCUT2D eigenvalue weighted by Crippen LogP contribution is 2.27. The molecule has 1 N–H and O–H groups in total. The van der Waals surface area contributed by atoms with Gasteiger partial charge < -0.3 is 5.32 Å². The molecule has 0 saturated heterocycles. The summed E-state index contributed by atoms with van der Waals surface area (Å²) in [6.45, 7) is 7.97. The van der Waals surface area contributed by atoms with Gasteiger partial charge in [0.1, 0.15) is 11.6 Å².